The van der Waals surface area contributed by atoms with E-state index in [9.17, 15) is 4.79 Å². The van der Waals surface area contributed by atoms with Crippen LogP contribution in [0.25, 0.3) is 10.9 Å². The zero-order chi connectivity index (χ0) is 14.7. The minimum absolute atomic E-state index is 0. The van der Waals surface area contributed by atoms with Crippen LogP contribution in [-0.4, -0.2) is 21.9 Å². The van der Waals surface area contributed by atoms with Gasteiger partial charge in [0.15, 0.2) is 0 Å². The van der Waals surface area contributed by atoms with Crippen molar-refractivity contribution >= 4 is 34.9 Å². The summed E-state index contributed by atoms with van der Waals surface area (Å²) in [4.78, 5) is 19.2. The number of rotatable bonds is 4. The number of aromatic amines is 1. The molecular formula is C16H17ClN4O. The fourth-order valence-corrected chi connectivity index (χ4v) is 2.30. The maximum absolute atomic E-state index is 12.1. The Morgan fingerprint density at radius 2 is 1.95 bits per heavy atom. The summed E-state index contributed by atoms with van der Waals surface area (Å²) in [5, 5.41) is 3.89. The van der Waals surface area contributed by atoms with Gasteiger partial charge in [-0.25, -0.2) is 0 Å². The second-order valence-corrected chi connectivity index (χ2v) is 4.90. The zero-order valence-electron chi connectivity index (χ0n) is 11.8. The van der Waals surface area contributed by atoms with Gasteiger partial charge in [-0.05, 0) is 30.2 Å². The van der Waals surface area contributed by atoms with Crippen molar-refractivity contribution in [2.75, 3.05) is 5.32 Å². The molecule has 0 aliphatic carbocycles. The Kier molecular flexibility index (Phi) is 5.14. The normalized spacial score (nSPS) is 11.7. The largest absolute Gasteiger partial charge is 0.361 e. The van der Waals surface area contributed by atoms with Crippen molar-refractivity contribution in [1.82, 2.24) is 9.97 Å². The van der Waals surface area contributed by atoms with Gasteiger partial charge in [-0.1, -0.05) is 18.2 Å². The molecule has 6 heteroatoms. The number of aromatic nitrogens is 2. The quantitative estimate of drug-likeness (QED) is 0.691. The number of pyridine rings is 1. The Hall–Kier alpha value is -2.37. The van der Waals surface area contributed by atoms with Gasteiger partial charge in [0.1, 0.15) is 0 Å². The number of hydrogen-bond acceptors (Lipinski definition) is 3. The van der Waals surface area contributed by atoms with Crippen molar-refractivity contribution < 1.29 is 4.79 Å². The van der Waals surface area contributed by atoms with E-state index >= 15 is 0 Å². The fraction of sp³-hybridized carbons (Fsp3) is 0.125. The molecule has 2 heterocycles. The Morgan fingerprint density at radius 1 is 1.23 bits per heavy atom. The lowest BCUT2D eigenvalue weighted by Crippen LogP contribution is -2.37. The number of carbonyl (C=O) groups is 1. The lowest BCUT2D eigenvalue weighted by Gasteiger charge is -2.11. The minimum Gasteiger partial charge on any atom is -0.361 e. The van der Waals surface area contributed by atoms with Crippen LogP contribution in [0.1, 0.15) is 5.56 Å². The van der Waals surface area contributed by atoms with E-state index in [1.54, 1.807) is 24.5 Å². The summed E-state index contributed by atoms with van der Waals surface area (Å²) in [5.41, 5.74) is 8.80. The summed E-state index contributed by atoms with van der Waals surface area (Å²) in [6.45, 7) is 0. The zero-order valence-corrected chi connectivity index (χ0v) is 12.6. The number of fused-ring (bicyclic) bond motifs is 1. The topological polar surface area (TPSA) is 83.8 Å². The summed E-state index contributed by atoms with van der Waals surface area (Å²) >= 11 is 0. The highest BCUT2D eigenvalue weighted by Gasteiger charge is 2.16. The monoisotopic (exact) mass is 316 g/mol. The van der Waals surface area contributed by atoms with Gasteiger partial charge >= 0.3 is 0 Å². The highest BCUT2D eigenvalue weighted by Crippen LogP contribution is 2.19. The van der Waals surface area contributed by atoms with E-state index in [1.807, 2.05) is 30.5 Å². The molecule has 0 fully saturated rings. The van der Waals surface area contributed by atoms with Crippen LogP contribution in [0.2, 0.25) is 0 Å². The molecule has 114 valence electrons. The molecule has 2 aromatic heterocycles. The minimum atomic E-state index is -0.600. The molecule has 3 rings (SSSR count). The molecule has 22 heavy (non-hydrogen) atoms. The molecule has 0 saturated carbocycles. The van der Waals surface area contributed by atoms with Crippen LogP contribution in [0, 0.1) is 0 Å². The van der Waals surface area contributed by atoms with Gasteiger partial charge in [0.2, 0.25) is 5.91 Å². The number of halogens is 1. The fourth-order valence-electron chi connectivity index (χ4n) is 2.30. The Bertz CT molecular complexity index is 757. The SMILES string of the molecule is Cl.N[C@H](Cc1c[nH]c2ccccc12)C(=O)Nc1ccncc1. The number of nitrogens with zero attached hydrogens (tertiary/aromatic N) is 1. The molecule has 0 radical (unpaired) electrons. The number of hydrogen-bond donors (Lipinski definition) is 3. The first-order chi connectivity index (χ1) is 10.2. The van der Waals surface area contributed by atoms with E-state index in [1.165, 1.54) is 0 Å². The average molecular weight is 317 g/mol. The van der Waals surface area contributed by atoms with Crippen LogP contribution in [0.5, 0.6) is 0 Å². The molecule has 0 saturated heterocycles. The van der Waals surface area contributed by atoms with Crippen molar-refractivity contribution in [3.63, 3.8) is 0 Å². The van der Waals surface area contributed by atoms with Crippen molar-refractivity contribution in [3.8, 4) is 0 Å². The van der Waals surface area contributed by atoms with Crippen LogP contribution in [0.3, 0.4) is 0 Å². The van der Waals surface area contributed by atoms with Gasteiger partial charge in [-0.2, -0.15) is 0 Å². The lowest BCUT2D eigenvalue weighted by molar-refractivity contribution is -0.117. The number of nitrogens with one attached hydrogen (secondary N) is 2. The number of para-hydroxylation sites is 1. The number of H-pyrrole nitrogens is 1. The molecule has 0 aliphatic heterocycles. The third-order valence-electron chi connectivity index (χ3n) is 3.40. The number of nitrogens with two attached hydrogens (primary N) is 1. The summed E-state index contributed by atoms with van der Waals surface area (Å²) in [5.74, 6) is -0.202. The Labute approximate surface area is 134 Å². The van der Waals surface area contributed by atoms with Crippen LogP contribution >= 0.6 is 12.4 Å². The van der Waals surface area contributed by atoms with E-state index < -0.39 is 6.04 Å². The van der Waals surface area contributed by atoms with Crippen molar-refractivity contribution in [3.05, 3.63) is 60.6 Å². The molecule has 0 unspecified atom stereocenters. The first kappa shape index (κ1) is 16.0. The molecule has 3 aromatic rings. The van der Waals surface area contributed by atoms with Crippen molar-refractivity contribution in [2.45, 2.75) is 12.5 Å². The van der Waals surface area contributed by atoms with Crippen LogP contribution in [-0.2, 0) is 11.2 Å². The number of benzene rings is 1. The third kappa shape index (κ3) is 3.44. The second-order valence-electron chi connectivity index (χ2n) is 4.90. The summed E-state index contributed by atoms with van der Waals surface area (Å²) < 4.78 is 0. The van der Waals surface area contributed by atoms with Gasteiger partial charge < -0.3 is 16.0 Å². The standard InChI is InChI=1S/C16H16N4O.ClH/c17-14(16(21)20-12-5-7-18-8-6-12)9-11-10-19-15-4-2-1-3-13(11)15;/h1-8,10,14,19H,9,17H2,(H,18,20,21);1H/t14-;/m1./s1. The van der Waals surface area contributed by atoms with Gasteiger partial charge in [0.25, 0.3) is 0 Å². The maximum atomic E-state index is 12.1. The molecule has 1 aromatic carbocycles. The van der Waals surface area contributed by atoms with Crippen LogP contribution < -0.4 is 11.1 Å². The number of amides is 1. The van der Waals surface area contributed by atoms with E-state index in [0.29, 0.717) is 12.1 Å². The Morgan fingerprint density at radius 3 is 2.73 bits per heavy atom. The van der Waals surface area contributed by atoms with Gasteiger partial charge in [0, 0.05) is 35.2 Å². The molecular weight excluding hydrogens is 300 g/mol. The predicted molar refractivity (Wildman–Crippen MR) is 90.1 cm³/mol. The third-order valence-corrected chi connectivity index (χ3v) is 3.40. The van der Waals surface area contributed by atoms with Gasteiger partial charge in [-0.15, -0.1) is 12.4 Å². The van der Waals surface area contributed by atoms with Crippen LogP contribution in [0.4, 0.5) is 5.69 Å². The van der Waals surface area contributed by atoms with Gasteiger partial charge in [0.05, 0.1) is 6.04 Å². The first-order valence-corrected chi connectivity index (χ1v) is 6.75. The first-order valence-electron chi connectivity index (χ1n) is 6.75. The predicted octanol–water partition coefficient (Wildman–Crippen LogP) is 2.49. The van der Waals surface area contributed by atoms with Crippen molar-refractivity contribution in [1.29, 1.82) is 0 Å². The lowest BCUT2D eigenvalue weighted by atomic mass is 10.1. The maximum Gasteiger partial charge on any atom is 0.241 e. The molecule has 0 bridgehead atoms. The molecule has 5 nitrogen and oxygen atoms in total. The highest BCUT2D eigenvalue weighted by atomic mass is 35.5. The second kappa shape index (κ2) is 7.06. The molecule has 1 atom stereocenters. The highest BCUT2D eigenvalue weighted by molar-refractivity contribution is 5.95. The van der Waals surface area contributed by atoms with E-state index in [4.69, 9.17) is 5.73 Å². The summed E-state index contributed by atoms with van der Waals surface area (Å²) in [7, 11) is 0. The Balaban J connectivity index is 0.00000176. The smallest absolute Gasteiger partial charge is 0.241 e. The number of anilines is 1. The molecule has 0 aliphatic rings. The average Bonchev–Trinajstić information content (AvgIpc) is 2.91. The molecule has 0 spiro atoms. The molecule has 4 N–H and O–H groups in total. The van der Waals surface area contributed by atoms with E-state index in [2.05, 4.69) is 15.3 Å². The van der Waals surface area contributed by atoms with Crippen LogP contribution in [0.15, 0.2) is 55.0 Å². The summed E-state index contributed by atoms with van der Waals surface area (Å²) in [6.07, 6.45) is 5.65. The summed E-state index contributed by atoms with van der Waals surface area (Å²) in [6, 6.07) is 10.8. The van der Waals surface area contributed by atoms with E-state index in [-0.39, 0.29) is 18.3 Å². The van der Waals surface area contributed by atoms with Crippen molar-refractivity contribution in [2.24, 2.45) is 5.73 Å². The van der Waals surface area contributed by atoms with E-state index in [0.717, 1.165) is 16.5 Å². The van der Waals surface area contributed by atoms with Gasteiger partial charge in [-0.3, -0.25) is 9.78 Å². The number of carbonyl (C=O) groups excluding carboxylic acids is 1. The molecule has 1 amide bonds.